The lowest BCUT2D eigenvalue weighted by molar-refractivity contribution is -0.121. The summed E-state index contributed by atoms with van der Waals surface area (Å²) in [5, 5.41) is 0.439. The van der Waals surface area contributed by atoms with Gasteiger partial charge in [0.1, 0.15) is 12.4 Å². The zero-order chi connectivity index (χ0) is 17.1. The van der Waals surface area contributed by atoms with E-state index in [0.29, 0.717) is 16.5 Å². The van der Waals surface area contributed by atoms with Gasteiger partial charge in [-0.15, -0.1) is 0 Å². The number of imide groups is 1. The van der Waals surface area contributed by atoms with Gasteiger partial charge < -0.3 is 4.74 Å². The van der Waals surface area contributed by atoms with Crippen molar-refractivity contribution >= 4 is 40.6 Å². The van der Waals surface area contributed by atoms with E-state index in [1.54, 1.807) is 6.08 Å². The fraction of sp³-hybridized carbons (Fsp3) is 0.111. The average Bonchev–Trinajstić information content (AvgIpc) is 2.83. The molecule has 0 saturated carbocycles. The van der Waals surface area contributed by atoms with Crippen molar-refractivity contribution in [2.45, 2.75) is 6.61 Å². The van der Waals surface area contributed by atoms with E-state index in [0.717, 1.165) is 33.5 Å². The van der Waals surface area contributed by atoms with E-state index in [1.807, 2.05) is 48.5 Å². The van der Waals surface area contributed by atoms with Crippen LogP contribution in [0, 0.1) is 0 Å². The second kappa shape index (κ2) is 7.11. The molecule has 0 radical (unpaired) electrons. The molecule has 0 spiro atoms. The first-order valence-corrected chi connectivity index (χ1v) is 8.41. The highest BCUT2D eigenvalue weighted by Gasteiger charge is 2.31. The fourth-order valence-electron chi connectivity index (χ4n) is 2.10. The van der Waals surface area contributed by atoms with Crippen molar-refractivity contribution in [3.8, 4) is 5.75 Å². The van der Waals surface area contributed by atoms with Gasteiger partial charge in [0.05, 0.1) is 4.91 Å². The summed E-state index contributed by atoms with van der Waals surface area (Å²) in [6.45, 7) is 0.450. The number of benzene rings is 2. The van der Waals surface area contributed by atoms with Gasteiger partial charge in [-0.1, -0.05) is 35.9 Å². The van der Waals surface area contributed by atoms with Gasteiger partial charge in [0.2, 0.25) is 0 Å². The number of hydrogen-bond donors (Lipinski definition) is 0. The average molecular weight is 360 g/mol. The molecule has 2 aromatic rings. The first kappa shape index (κ1) is 16.6. The second-order valence-electron chi connectivity index (χ2n) is 5.22. The van der Waals surface area contributed by atoms with E-state index >= 15 is 0 Å². The van der Waals surface area contributed by atoms with Crippen LogP contribution in [-0.2, 0) is 11.4 Å². The second-order valence-corrected chi connectivity index (χ2v) is 6.65. The van der Waals surface area contributed by atoms with E-state index in [1.165, 1.54) is 7.05 Å². The molecule has 3 rings (SSSR count). The normalized spacial score (nSPS) is 16.1. The Labute approximate surface area is 149 Å². The Bertz CT molecular complexity index is 800. The van der Waals surface area contributed by atoms with E-state index in [9.17, 15) is 9.59 Å². The third-order valence-corrected chi connectivity index (χ3v) is 4.70. The number of amides is 2. The summed E-state index contributed by atoms with van der Waals surface area (Å²) in [7, 11) is 1.48. The number of rotatable bonds is 4. The Morgan fingerprint density at radius 1 is 1.08 bits per heavy atom. The Kier molecular flexibility index (Phi) is 4.92. The van der Waals surface area contributed by atoms with Crippen LogP contribution in [0.2, 0.25) is 5.02 Å². The quantitative estimate of drug-likeness (QED) is 0.749. The lowest BCUT2D eigenvalue weighted by Crippen LogP contribution is -2.22. The molecule has 1 fully saturated rings. The maximum atomic E-state index is 11.9. The van der Waals surface area contributed by atoms with Gasteiger partial charge in [0.15, 0.2) is 0 Å². The van der Waals surface area contributed by atoms with Gasteiger partial charge in [0, 0.05) is 12.1 Å². The van der Waals surface area contributed by atoms with Gasteiger partial charge in [-0.25, -0.2) is 0 Å². The monoisotopic (exact) mass is 359 g/mol. The van der Waals surface area contributed by atoms with Crippen LogP contribution in [0.15, 0.2) is 53.4 Å². The first-order chi connectivity index (χ1) is 11.5. The number of likely N-dealkylation sites (N-methyl/N-ethyl adjacent to an activating group) is 1. The molecule has 0 aliphatic carbocycles. The summed E-state index contributed by atoms with van der Waals surface area (Å²) in [6, 6.07) is 14.8. The summed E-state index contributed by atoms with van der Waals surface area (Å²) < 4.78 is 5.71. The SMILES string of the molecule is CN1C(=O)S/C(=C\c2ccc(OCc3ccc(Cl)cc3)cc2)C1=O. The maximum Gasteiger partial charge on any atom is 0.293 e. The number of hydrogen-bond acceptors (Lipinski definition) is 4. The van der Waals surface area contributed by atoms with Crippen LogP contribution < -0.4 is 4.74 Å². The summed E-state index contributed by atoms with van der Waals surface area (Å²) in [6.07, 6.45) is 1.71. The molecule has 0 atom stereocenters. The maximum absolute atomic E-state index is 11.9. The number of halogens is 1. The molecule has 2 aromatic carbocycles. The number of carbonyl (C=O) groups excluding carboxylic acids is 2. The summed E-state index contributed by atoms with van der Waals surface area (Å²) >= 11 is 6.79. The van der Waals surface area contributed by atoms with Crippen LogP contribution in [0.4, 0.5) is 4.79 Å². The lowest BCUT2D eigenvalue weighted by Gasteiger charge is -2.07. The lowest BCUT2D eigenvalue weighted by atomic mass is 10.2. The van der Waals surface area contributed by atoms with E-state index in [4.69, 9.17) is 16.3 Å². The molecule has 6 heteroatoms. The van der Waals surface area contributed by atoms with Gasteiger partial charge in [-0.3, -0.25) is 14.5 Å². The van der Waals surface area contributed by atoms with Crippen LogP contribution in [-0.4, -0.2) is 23.1 Å². The van der Waals surface area contributed by atoms with Gasteiger partial charge in [-0.2, -0.15) is 0 Å². The Morgan fingerprint density at radius 2 is 1.75 bits per heavy atom. The van der Waals surface area contributed by atoms with E-state index in [-0.39, 0.29) is 11.1 Å². The molecule has 0 unspecified atom stereocenters. The van der Waals surface area contributed by atoms with Gasteiger partial charge in [-0.05, 0) is 53.2 Å². The van der Waals surface area contributed by atoms with Gasteiger partial charge >= 0.3 is 0 Å². The predicted molar refractivity (Wildman–Crippen MR) is 96.0 cm³/mol. The highest BCUT2D eigenvalue weighted by molar-refractivity contribution is 8.18. The van der Waals surface area contributed by atoms with Gasteiger partial charge in [0.25, 0.3) is 11.1 Å². The number of carbonyl (C=O) groups is 2. The minimum atomic E-state index is -0.270. The van der Waals surface area contributed by atoms with Crippen LogP contribution in [0.5, 0.6) is 5.75 Å². The van der Waals surface area contributed by atoms with Crippen LogP contribution in [0.3, 0.4) is 0 Å². The third kappa shape index (κ3) is 3.80. The summed E-state index contributed by atoms with van der Waals surface area (Å²) in [4.78, 5) is 24.9. The molecule has 0 aromatic heterocycles. The molecular weight excluding hydrogens is 346 g/mol. The molecule has 1 saturated heterocycles. The Hall–Kier alpha value is -2.24. The van der Waals surface area contributed by atoms with Crippen LogP contribution in [0.25, 0.3) is 6.08 Å². The molecule has 0 bridgehead atoms. The molecule has 1 heterocycles. The zero-order valence-corrected chi connectivity index (χ0v) is 14.4. The first-order valence-electron chi connectivity index (χ1n) is 7.22. The smallest absolute Gasteiger partial charge is 0.293 e. The molecule has 0 N–H and O–H groups in total. The minimum absolute atomic E-state index is 0.255. The number of ether oxygens (including phenoxy) is 1. The van der Waals surface area contributed by atoms with Crippen molar-refractivity contribution in [1.29, 1.82) is 0 Å². The van der Waals surface area contributed by atoms with E-state index in [2.05, 4.69) is 0 Å². The predicted octanol–water partition coefficient (Wildman–Crippen LogP) is 4.59. The standard InChI is InChI=1S/C18H14ClNO3S/c1-20-17(21)16(24-18(20)22)10-12-4-8-15(9-5-12)23-11-13-2-6-14(19)7-3-13/h2-10H,11H2,1H3/b16-10-. The minimum Gasteiger partial charge on any atom is -0.489 e. The largest absolute Gasteiger partial charge is 0.489 e. The number of nitrogens with zero attached hydrogens (tertiary/aromatic N) is 1. The fourth-order valence-corrected chi connectivity index (χ4v) is 3.06. The molecule has 122 valence electrons. The van der Waals surface area contributed by atoms with Crippen molar-refractivity contribution in [2.75, 3.05) is 7.05 Å². The van der Waals surface area contributed by atoms with Crippen LogP contribution >= 0.6 is 23.4 Å². The molecule has 1 aliphatic rings. The molecule has 1 aliphatic heterocycles. The topological polar surface area (TPSA) is 46.6 Å². The van der Waals surface area contributed by atoms with Crippen molar-refractivity contribution in [3.63, 3.8) is 0 Å². The molecule has 4 nitrogen and oxygen atoms in total. The van der Waals surface area contributed by atoms with Crippen molar-refractivity contribution in [3.05, 3.63) is 69.6 Å². The number of thioether (sulfide) groups is 1. The van der Waals surface area contributed by atoms with E-state index < -0.39 is 0 Å². The summed E-state index contributed by atoms with van der Waals surface area (Å²) in [5.41, 5.74) is 1.87. The molecular formula is C18H14ClNO3S. The highest BCUT2D eigenvalue weighted by atomic mass is 35.5. The zero-order valence-electron chi connectivity index (χ0n) is 12.9. The van der Waals surface area contributed by atoms with Crippen LogP contribution in [0.1, 0.15) is 11.1 Å². The van der Waals surface area contributed by atoms with Crippen molar-refractivity contribution in [1.82, 2.24) is 4.90 Å². The Balaban J connectivity index is 1.64. The molecule has 24 heavy (non-hydrogen) atoms. The van der Waals surface area contributed by atoms with Crippen molar-refractivity contribution in [2.24, 2.45) is 0 Å². The third-order valence-electron chi connectivity index (χ3n) is 3.48. The summed E-state index contributed by atoms with van der Waals surface area (Å²) in [5.74, 6) is 0.457. The molecule has 2 amide bonds. The Morgan fingerprint density at radius 3 is 2.33 bits per heavy atom. The highest BCUT2D eigenvalue weighted by Crippen LogP contribution is 2.31. The van der Waals surface area contributed by atoms with Crippen molar-refractivity contribution < 1.29 is 14.3 Å².